The minimum atomic E-state index is -1.40. The first-order chi connectivity index (χ1) is 6.71. The first-order valence-electron chi connectivity index (χ1n) is 6.39. The van der Waals surface area contributed by atoms with Crippen LogP contribution in [0.4, 0.5) is 0 Å². The SMILES string of the molecule is CC1OC1(C)[Si](C(C)C)(C(C)C)C(C)C. The van der Waals surface area contributed by atoms with Gasteiger partial charge in [-0.1, -0.05) is 41.5 Å². The van der Waals surface area contributed by atoms with Crippen molar-refractivity contribution < 1.29 is 4.74 Å². The van der Waals surface area contributed by atoms with Crippen LogP contribution >= 0.6 is 0 Å². The van der Waals surface area contributed by atoms with Gasteiger partial charge in [-0.25, -0.2) is 0 Å². The Hall–Kier alpha value is 0.177. The van der Waals surface area contributed by atoms with Crippen molar-refractivity contribution in [1.82, 2.24) is 0 Å². The second-order valence-corrected chi connectivity index (χ2v) is 12.6. The molecule has 0 aromatic carbocycles. The van der Waals surface area contributed by atoms with Gasteiger partial charge >= 0.3 is 0 Å². The van der Waals surface area contributed by atoms with E-state index in [-0.39, 0.29) is 5.22 Å². The van der Waals surface area contributed by atoms with Crippen LogP contribution in [0.2, 0.25) is 16.6 Å². The van der Waals surface area contributed by atoms with Crippen molar-refractivity contribution >= 4 is 8.07 Å². The highest BCUT2D eigenvalue weighted by Gasteiger charge is 2.67. The number of rotatable bonds is 4. The van der Waals surface area contributed by atoms with E-state index in [9.17, 15) is 0 Å². The maximum atomic E-state index is 6.02. The van der Waals surface area contributed by atoms with E-state index in [0.717, 1.165) is 16.6 Å². The second kappa shape index (κ2) is 3.88. The maximum Gasteiger partial charge on any atom is 0.102 e. The molecule has 0 aromatic heterocycles. The minimum Gasteiger partial charge on any atom is -0.370 e. The van der Waals surface area contributed by atoms with Crippen LogP contribution in [0, 0.1) is 0 Å². The predicted molar refractivity (Wildman–Crippen MR) is 70.0 cm³/mol. The zero-order valence-electron chi connectivity index (χ0n) is 11.7. The third-order valence-corrected chi connectivity index (χ3v) is 12.8. The van der Waals surface area contributed by atoms with Crippen LogP contribution in [0.3, 0.4) is 0 Å². The molecule has 0 aromatic rings. The van der Waals surface area contributed by atoms with Gasteiger partial charge < -0.3 is 4.74 Å². The molecule has 1 fully saturated rings. The molecule has 0 bridgehead atoms. The molecule has 0 saturated carbocycles. The van der Waals surface area contributed by atoms with Crippen LogP contribution in [0.1, 0.15) is 55.4 Å². The van der Waals surface area contributed by atoms with Crippen LogP contribution in [0.5, 0.6) is 0 Å². The average Bonchev–Trinajstić information content (AvgIpc) is 2.57. The highest BCUT2D eigenvalue weighted by atomic mass is 28.3. The molecule has 0 amide bonds. The molecule has 0 N–H and O–H groups in total. The van der Waals surface area contributed by atoms with Gasteiger partial charge in [0.15, 0.2) is 0 Å². The molecule has 0 aliphatic carbocycles. The van der Waals surface area contributed by atoms with E-state index in [1.54, 1.807) is 0 Å². The molecule has 1 aliphatic heterocycles. The van der Waals surface area contributed by atoms with Gasteiger partial charge in [0.2, 0.25) is 0 Å². The summed E-state index contributed by atoms with van der Waals surface area (Å²) in [6, 6.07) is 0. The molecule has 1 nitrogen and oxygen atoms in total. The normalized spacial score (nSPS) is 31.8. The van der Waals surface area contributed by atoms with E-state index in [2.05, 4.69) is 55.4 Å². The number of ether oxygens (including phenoxy) is 1. The van der Waals surface area contributed by atoms with E-state index < -0.39 is 8.07 Å². The Morgan fingerprint density at radius 2 is 1.20 bits per heavy atom. The van der Waals surface area contributed by atoms with Crippen LogP contribution in [-0.4, -0.2) is 19.4 Å². The van der Waals surface area contributed by atoms with E-state index in [1.165, 1.54) is 0 Å². The fourth-order valence-electron chi connectivity index (χ4n) is 4.51. The summed E-state index contributed by atoms with van der Waals surface area (Å²) in [7, 11) is -1.40. The lowest BCUT2D eigenvalue weighted by Crippen LogP contribution is -2.57. The molecular formula is C13H28OSi. The summed E-state index contributed by atoms with van der Waals surface area (Å²) in [4.78, 5) is 0. The van der Waals surface area contributed by atoms with Gasteiger partial charge in [0, 0.05) is 0 Å². The molecule has 2 heteroatoms. The van der Waals surface area contributed by atoms with Crippen molar-refractivity contribution in [1.29, 1.82) is 0 Å². The van der Waals surface area contributed by atoms with Gasteiger partial charge in [0.05, 0.1) is 11.3 Å². The van der Waals surface area contributed by atoms with Crippen LogP contribution < -0.4 is 0 Å². The first-order valence-corrected chi connectivity index (χ1v) is 8.62. The fourth-order valence-corrected chi connectivity index (χ4v) is 13.0. The van der Waals surface area contributed by atoms with Crippen molar-refractivity contribution in [2.75, 3.05) is 0 Å². The summed E-state index contributed by atoms with van der Waals surface area (Å²) in [5, 5.41) is 0.226. The Labute approximate surface area is 96.6 Å². The third kappa shape index (κ3) is 1.61. The largest absolute Gasteiger partial charge is 0.370 e. The second-order valence-electron chi connectivity index (χ2n) is 6.26. The molecule has 15 heavy (non-hydrogen) atoms. The van der Waals surface area contributed by atoms with Crippen LogP contribution in [-0.2, 0) is 4.74 Å². The Kier molecular flexibility index (Phi) is 3.43. The van der Waals surface area contributed by atoms with Gasteiger partial charge in [-0.05, 0) is 30.5 Å². The number of epoxide rings is 1. The Morgan fingerprint density at radius 3 is 1.27 bits per heavy atom. The minimum absolute atomic E-state index is 0.226. The standard InChI is InChI=1S/C13H28OSi/c1-9(2)15(10(3)4,11(5)6)13(8)12(7)14-13/h9-12H,1-8H3. The lowest BCUT2D eigenvalue weighted by atomic mass is 10.4. The van der Waals surface area contributed by atoms with Crippen molar-refractivity contribution in [3.05, 3.63) is 0 Å². The molecule has 1 saturated heterocycles. The van der Waals surface area contributed by atoms with Gasteiger partial charge in [-0.15, -0.1) is 0 Å². The predicted octanol–water partition coefficient (Wildman–Crippen LogP) is 4.38. The Morgan fingerprint density at radius 1 is 0.933 bits per heavy atom. The fraction of sp³-hybridized carbons (Fsp3) is 1.00. The highest BCUT2D eigenvalue weighted by molar-refractivity contribution is 6.86. The number of hydrogen-bond donors (Lipinski definition) is 0. The molecule has 1 rings (SSSR count). The van der Waals surface area contributed by atoms with Gasteiger partial charge in [-0.3, -0.25) is 0 Å². The zero-order chi connectivity index (χ0) is 12.0. The van der Waals surface area contributed by atoms with E-state index in [0.29, 0.717) is 6.10 Å². The molecule has 2 unspecified atom stereocenters. The summed E-state index contributed by atoms with van der Waals surface area (Å²) in [5.41, 5.74) is 2.40. The lowest BCUT2D eigenvalue weighted by molar-refractivity contribution is 0.353. The van der Waals surface area contributed by atoms with Crippen molar-refractivity contribution in [3.8, 4) is 0 Å². The monoisotopic (exact) mass is 228 g/mol. The molecule has 0 radical (unpaired) electrons. The quantitative estimate of drug-likeness (QED) is 0.514. The Bertz CT molecular complexity index is 213. The molecule has 2 atom stereocenters. The van der Waals surface area contributed by atoms with E-state index in [4.69, 9.17) is 4.74 Å². The average molecular weight is 228 g/mol. The van der Waals surface area contributed by atoms with Crippen LogP contribution in [0.15, 0.2) is 0 Å². The van der Waals surface area contributed by atoms with Crippen molar-refractivity contribution in [3.63, 3.8) is 0 Å². The van der Waals surface area contributed by atoms with E-state index >= 15 is 0 Å². The molecule has 1 heterocycles. The van der Waals surface area contributed by atoms with Gasteiger partial charge in [-0.2, -0.15) is 0 Å². The van der Waals surface area contributed by atoms with Gasteiger partial charge in [0.25, 0.3) is 0 Å². The highest BCUT2D eigenvalue weighted by Crippen LogP contribution is 2.58. The summed E-state index contributed by atoms with van der Waals surface area (Å²) < 4.78 is 6.02. The first kappa shape index (κ1) is 13.2. The van der Waals surface area contributed by atoms with Crippen molar-refractivity contribution in [2.45, 2.75) is 83.3 Å². The topological polar surface area (TPSA) is 12.5 Å². The van der Waals surface area contributed by atoms with Crippen molar-refractivity contribution in [2.24, 2.45) is 0 Å². The van der Waals surface area contributed by atoms with E-state index in [1.807, 2.05) is 0 Å². The summed E-state index contributed by atoms with van der Waals surface area (Å²) in [5.74, 6) is 0. The zero-order valence-corrected chi connectivity index (χ0v) is 12.7. The van der Waals surface area contributed by atoms with Gasteiger partial charge in [0.1, 0.15) is 8.07 Å². The summed E-state index contributed by atoms with van der Waals surface area (Å²) in [6.07, 6.45) is 0.483. The smallest absolute Gasteiger partial charge is 0.102 e. The Balaban J connectivity index is 3.16. The summed E-state index contributed by atoms with van der Waals surface area (Å²) in [6.45, 7) is 19.1. The maximum absolute atomic E-state index is 6.02. The molecule has 90 valence electrons. The molecule has 1 aliphatic rings. The molecular weight excluding hydrogens is 200 g/mol. The third-order valence-electron chi connectivity index (χ3n) is 4.87. The summed E-state index contributed by atoms with van der Waals surface area (Å²) >= 11 is 0. The lowest BCUT2D eigenvalue weighted by Gasteiger charge is -2.46. The number of hydrogen-bond acceptors (Lipinski definition) is 1. The molecule has 0 spiro atoms. The van der Waals surface area contributed by atoms with Crippen LogP contribution in [0.25, 0.3) is 0 Å².